The summed E-state index contributed by atoms with van der Waals surface area (Å²) in [7, 11) is 0. The SMILES string of the molecule is CC1(C)CCCCC1C(O)CC1CCCC1. The summed E-state index contributed by atoms with van der Waals surface area (Å²) in [6.45, 7) is 4.71. The lowest BCUT2D eigenvalue weighted by Crippen LogP contribution is -2.37. The maximum atomic E-state index is 10.5. The second kappa shape index (κ2) is 5.08. The van der Waals surface area contributed by atoms with Gasteiger partial charge in [0.25, 0.3) is 0 Å². The van der Waals surface area contributed by atoms with E-state index in [0.29, 0.717) is 11.3 Å². The molecule has 0 amide bonds. The van der Waals surface area contributed by atoms with E-state index in [1.54, 1.807) is 0 Å². The summed E-state index contributed by atoms with van der Waals surface area (Å²) in [4.78, 5) is 0. The Morgan fingerprint density at radius 2 is 1.69 bits per heavy atom. The van der Waals surface area contributed by atoms with E-state index in [1.165, 1.54) is 51.4 Å². The Balaban J connectivity index is 1.88. The van der Waals surface area contributed by atoms with Gasteiger partial charge in [0.15, 0.2) is 0 Å². The third kappa shape index (κ3) is 2.80. The lowest BCUT2D eigenvalue weighted by atomic mass is 9.65. The summed E-state index contributed by atoms with van der Waals surface area (Å²) in [6.07, 6.45) is 11.8. The molecule has 1 N–H and O–H groups in total. The van der Waals surface area contributed by atoms with Crippen LogP contribution in [0.25, 0.3) is 0 Å². The van der Waals surface area contributed by atoms with Crippen molar-refractivity contribution in [3.8, 4) is 0 Å². The van der Waals surface area contributed by atoms with E-state index >= 15 is 0 Å². The molecule has 2 atom stereocenters. The van der Waals surface area contributed by atoms with Crippen LogP contribution in [0.15, 0.2) is 0 Å². The summed E-state index contributed by atoms with van der Waals surface area (Å²) in [6, 6.07) is 0. The minimum atomic E-state index is -0.0293. The van der Waals surface area contributed by atoms with Gasteiger partial charge in [-0.15, -0.1) is 0 Å². The van der Waals surface area contributed by atoms with Crippen LogP contribution in [0.1, 0.15) is 71.6 Å². The molecule has 0 aromatic rings. The van der Waals surface area contributed by atoms with E-state index < -0.39 is 0 Å². The van der Waals surface area contributed by atoms with Gasteiger partial charge in [-0.05, 0) is 36.5 Å². The summed E-state index contributed by atoms with van der Waals surface area (Å²) in [5, 5.41) is 10.5. The first-order valence-corrected chi connectivity index (χ1v) is 7.28. The fourth-order valence-corrected chi connectivity index (χ4v) is 3.99. The summed E-state index contributed by atoms with van der Waals surface area (Å²) < 4.78 is 0. The molecule has 0 saturated heterocycles. The molecule has 1 heteroatoms. The Hall–Kier alpha value is -0.0400. The van der Waals surface area contributed by atoms with Crippen LogP contribution >= 0.6 is 0 Å². The number of hydrogen-bond donors (Lipinski definition) is 1. The zero-order valence-corrected chi connectivity index (χ0v) is 11.0. The predicted octanol–water partition coefficient (Wildman–Crippen LogP) is 4.14. The van der Waals surface area contributed by atoms with Gasteiger partial charge in [0, 0.05) is 0 Å². The van der Waals surface area contributed by atoms with E-state index in [4.69, 9.17) is 0 Å². The van der Waals surface area contributed by atoms with Gasteiger partial charge >= 0.3 is 0 Å². The van der Waals surface area contributed by atoms with Crippen LogP contribution in [-0.2, 0) is 0 Å². The molecule has 0 radical (unpaired) electrons. The fraction of sp³-hybridized carbons (Fsp3) is 1.00. The van der Waals surface area contributed by atoms with Crippen molar-refractivity contribution >= 4 is 0 Å². The lowest BCUT2D eigenvalue weighted by Gasteiger charge is -2.42. The zero-order valence-electron chi connectivity index (χ0n) is 11.0. The van der Waals surface area contributed by atoms with Gasteiger partial charge in [-0.1, -0.05) is 52.4 Å². The van der Waals surface area contributed by atoms with Crippen molar-refractivity contribution < 1.29 is 5.11 Å². The van der Waals surface area contributed by atoms with Crippen LogP contribution in [0.5, 0.6) is 0 Å². The molecule has 0 spiro atoms. The zero-order chi connectivity index (χ0) is 11.6. The quantitative estimate of drug-likeness (QED) is 0.763. The third-order valence-corrected chi connectivity index (χ3v) is 5.10. The summed E-state index contributed by atoms with van der Waals surface area (Å²) >= 11 is 0. The first-order valence-electron chi connectivity index (χ1n) is 7.28. The van der Waals surface area contributed by atoms with Gasteiger partial charge in [0.2, 0.25) is 0 Å². The van der Waals surface area contributed by atoms with Crippen molar-refractivity contribution in [1.82, 2.24) is 0 Å². The van der Waals surface area contributed by atoms with Crippen LogP contribution < -0.4 is 0 Å². The minimum absolute atomic E-state index is 0.0293. The van der Waals surface area contributed by atoms with Gasteiger partial charge in [0.1, 0.15) is 0 Å². The molecule has 94 valence electrons. The molecule has 16 heavy (non-hydrogen) atoms. The van der Waals surface area contributed by atoms with Crippen LogP contribution in [0.2, 0.25) is 0 Å². The average Bonchev–Trinajstić information content (AvgIpc) is 2.69. The topological polar surface area (TPSA) is 20.2 Å². The highest BCUT2D eigenvalue weighted by Gasteiger charge is 2.37. The molecule has 0 bridgehead atoms. The molecule has 2 fully saturated rings. The predicted molar refractivity (Wildman–Crippen MR) is 68.3 cm³/mol. The second-order valence-corrected chi connectivity index (χ2v) is 6.79. The molecular formula is C15H28O. The average molecular weight is 224 g/mol. The van der Waals surface area contributed by atoms with Crippen molar-refractivity contribution in [1.29, 1.82) is 0 Å². The highest BCUT2D eigenvalue weighted by Crippen LogP contribution is 2.44. The van der Waals surface area contributed by atoms with E-state index in [9.17, 15) is 5.11 Å². The van der Waals surface area contributed by atoms with Crippen molar-refractivity contribution in [2.24, 2.45) is 17.3 Å². The Morgan fingerprint density at radius 3 is 2.31 bits per heavy atom. The van der Waals surface area contributed by atoms with E-state index in [0.717, 1.165) is 12.3 Å². The molecule has 2 rings (SSSR count). The van der Waals surface area contributed by atoms with Gasteiger partial charge in [-0.2, -0.15) is 0 Å². The molecule has 2 saturated carbocycles. The smallest absolute Gasteiger partial charge is 0.0576 e. The van der Waals surface area contributed by atoms with Crippen LogP contribution in [0, 0.1) is 17.3 Å². The van der Waals surface area contributed by atoms with Crippen LogP contribution in [-0.4, -0.2) is 11.2 Å². The van der Waals surface area contributed by atoms with E-state index in [1.807, 2.05) is 0 Å². The highest BCUT2D eigenvalue weighted by molar-refractivity contribution is 4.88. The van der Waals surface area contributed by atoms with Gasteiger partial charge < -0.3 is 5.11 Å². The van der Waals surface area contributed by atoms with Crippen molar-refractivity contribution in [3.63, 3.8) is 0 Å². The second-order valence-electron chi connectivity index (χ2n) is 6.79. The number of aliphatic hydroxyl groups excluding tert-OH is 1. The number of aliphatic hydroxyl groups is 1. The standard InChI is InChI=1S/C15H28O/c1-15(2)10-6-5-9-13(15)14(16)11-12-7-3-4-8-12/h12-14,16H,3-11H2,1-2H3. The van der Waals surface area contributed by atoms with Crippen molar-refractivity contribution in [2.45, 2.75) is 77.7 Å². The number of rotatable bonds is 3. The Morgan fingerprint density at radius 1 is 1.06 bits per heavy atom. The molecular weight excluding hydrogens is 196 g/mol. The molecule has 2 unspecified atom stereocenters. The van der Waals surface area contributed by atoms with Gasteiger partial charge in [-0.25, -0.2) is 0 Å². The van der Waals surface area contributed by atoms with Gasteiger partial charge in [-0.3, -0.25) is 0 Å². The number of hydrogen-bond acceptors (Lipinski definition) is 1. The first kappa shape index (κ1) is 12.4. The fourth-order valence-electron chi connectivity index (χ4n) is 3.99. The van der Waals surface area contributed by atoms with E-state index in [-0.39, 0.29) is 6.10 Å². The maximum absolute atomic E-state index is 10.5. The van der Waals surface area contributed by atoms with Crippen molar-refractivity contribution in [2.75, 3.05) is 0 Å². The normalized spacial score (nSPS) is 32.8. The Labute approximate surface area is 101 Å². The largest absolute Gasteiger partial charge is 0.393 e. The maximum Gasteiger partial charge on any atom is 0.0576 e. The minimum Gasteiger partial charge on any atom is -0.393 e. The first-order chi connectivity index (χ1) is 7.59. The Bertz CT molecular complexity index is 215. The molecule has 2 aliphatic rings. The third-order valence-electron chi connectivity index (χ3n) is 5.10. The van der Waals surface area contributed by atoms with Crippen LogP contribution in [0.3, 0.4) is 0 Å². The van der Waals surface area contributed by atoms with Crippen molar-refractivity contribution in [3.05, 3.63) is 0 Å². The summed E-state index contributed by atoms with van der Waals surface area (Å²) in [5.74, 6) is 1.38. The molecule has 1 nitrogen and oxygen atoms in total. The molecule has 2 aliphatic carbocycles. The molecule has 0 aliphatic heterocycles. The van der Waals surface area contributed by atoms with Gasteiger partial charge in [0.05, 0.1) is 6.10 Å². The summed E-state index contributed by atoms with van der Waals surface area (Å²) in [5.41, 5.74) is 0.371. The lowest BCUT2D eigenvalue weighted by molar-refractivity contribution is -0.00750. The molecule has 0 aromatic heterocycles. The Kier molecular flexibility index (Phi) is 3.94. The molecule has 0 heterocycles. The highest BCUT2D eigenvalue weighted by atomic mass is 16.3. The monoisotopic (exact) mass is 224 g/mol. The van der Waals surface area contributed by atoms with Crippen LogP contribution in [0.4, 0.5) is 0 Å². The molecule has 0 aromatic carbocycles. The van der Waals surface area contributed by atoms with E-state index in [2.05, 4.69) is 13.8 Å².